The lowest BCUT2D eigenvalue weighted by Gasteiger charge is -2.10. The molecule has 4 rings (SSSR count). The van der Waals surface area contributed by atoms with Gasteiger partial charge in [0.15, 0.2) is 11.5 Å². The zero-order valence-corrected chi connectivity index (χ0v) is 17.6. The minimum absolute atomic E-state index is 0.121. The number of benzene rings is 3. The topological polar surface area (TPSA) is 106 Å². The number of carbonyl (C=O) groups excluding carboxylic acids is 3. The van der Waals surface area contributed by atoms with Crippen molar-refractivity contribution in [1.29, 1.82) is 0 Å². The van der Waals surface area contributed by atoms with Crippen LogP contribution in [0.3, 0.4) is 0 Å². The lowest BCUT2D eigenvalue weighted by Crippen LogP contribution is -2.41. The van der Waals surface area contributed by atoms with Gasteiger partial charge in [0, 0.05) is 26.9 Å². The number of amides is 3. The third kappa shape index (κ3) is 4.84. The first-order chi connectivity index (χ1) is 15.0. The van der Waals surface area contributed by atoms with Gasteiger partial charge in [-0.05, 0) is 60.7 Å². The van der Waals surface area contributed by atoms with Crippen LogP contribution in [-0.4, -0.2) is 24.5 Å². The second-order valence-corrected chi connectivity index (χ2v) is 7.43. The van der Waals surface area contributed by atoms with Crippen LogP contribution >= 0.6 is 15.9 Å². The van der Waals surface area contributed by atoms with Gasteiger partial charge < -0.3 is 14.8 Å². The van der Waals surface area contributed by atoms with E-state index in [1.165, 1.54) is 6.07 Å². The Morgan fingerprint density at radius 1 is 0.710 bits per heavy atom. The summed E-state index contributed by atoms with van der Waals surface area (Å²) in [6.07, 6.45) is 0. The van der Waals surface area contributed by atoms with Gasteiger partial charge in [0.05, 0.1) is 0 Å². The molecule has 0 saturated carbocycles. The highest BCUT2D eigenvalue weighted by Crippen LogP contribution is 2.32. The largest absolute Gasteiger partial charge is 0.454 e. The van der Waals surface area contributed by atoms with E-state index in [2.05, 4.69) is 32.1 Å². The van der Waals surface area contributed by atoms with Crippen LogP contribution in [0.15, 0.2) is 71.2 Å². The van der Waals surface area contributed by atoms with E-state index in [-0.39, 0.29) is 18.3 Å². The van der Waals surface area contributed by atoms with Crippen LogP contribution in [0.5, 0.6) is 11.5 Å². The molecule has 3 amide bonds. The summed E-state index contributed by atoms with van der Waals surface area (Å²) in [5, 5.41) is 2.73. The number of carbonyl (C=O) groups is 3. The van der Waals surface area contributed by atoms with Gasteiger partial charge in [0.2, 0.25) is 6.79 Å². The number of fused-ring (bicyclic) bond motifs is 1. The van der Waals surface area contributed by atoms with Crippen molar-refractivity contribution in [1.82, 2.24) is 10.9 Å². The smallest absolute Gasteiger partial charge is 0.269 e. The highest BCUT2D eigenvalue weighted by molar-refractivity contribution is 9.10. The second-order valence-electron chi connectivity index (χ2n) is 6.52. The number of rotatable bonds is 4. The SMILES string of the molecule is O=C(NNC(=O)c1cccc(NC(=O)c2ccc3c(c2)OCO3)c1)c1ccc(Br)cc1. The lowest BCUT2D eigenvalue weighted by atomic mass is 10.1. The van der Waals surface area contributed by atoms with Gasteiger partial charge in [-0.2, -0.15) is 0 Å². The molecule has 3 aromatic carbocycles. The van der Waals surface area contributed by atoms with Gasteiger partial charge in [-0.1, -0.05) is 22.0 Å². The molecule has 9 heteroatoms. The Kier molecular flexibility index (Phi) is 5.85. The zero-order chi connectivity index (χ0) is 21.8. The van der Waals surface area contributed by atoms with E-state index in [1.807, 2.05) is 0 Å². The molecular weight excluding hydrogens is 466 g/mol. The molecule has 0 atom stereocenters. The van der Waals surface area contributed by atoms with Crippen LogP contribution < -0.4 is 25.6 Å². The molecule has 3 aromatic rings. The number of ether oxygens (including phenoxy) is 2. The van der Waals surface area contributed by atoms with Crippen LogP contribution in [0.1, 0.15) is 31.1 Å². The molecule has 0 bridgehead atoms. The summed E-state index contributed by atoms with van der Waals surface area (Å²) >= 11 is 3.30. The number of hydrogen-bond donors (Lipinski definition) is 3. The monoisotopic (exact) mass is 481 g/mol. The average Bonchev–Trinajstić information content (AvgIpc) is 3.26. The molecule has 31 heavy (non-hydrogen) atoms. The van der Waals surface area contributed by atoms with E-state index in [1.54, 1.807) is 60.7 Å². The fraction of sp³-hybridized carbons (Fsp3) is 0.0455. The third-order valence-electron chi connectivity index (χ3n) is 4.41. The minimum Gasteiger partial charge on any atom is -0.454 e. The molecule has 0 aliphatic carbocycles. The summed E-state index contributed by atoms with van der Waals surface area (Å²) < 4.78 is 11.4. The Labute approximate surface area is 185 Å². The number of halogens is 1. The molecule has 0 aromatic heterocycles. The van der Waals surface area contributed by atoms with Gasteiger partial charge >= 0.3 is 0 Å². The Morgan fingerprint density at radius 2 is 1.35 bits per heavy atom. The number of hydrogen-bond acceptors (Lipinski definition) is 5. The van der Waals surface area contributed by atoms with Crippen molar-refractivity contribution in [3.8, 4) is 11.5 Å². The predicted molar refractivity (Wildman–Crippen MR) is 116 cm³/mol. The maximum absolute atomic E-state index is 12.5. The molecule has 0 spiro atoms. The van der Waals surface area contributed by atoms with Gasteiger partial charge in [-0.3, -0.25) is 25.2 Å². The normalized spacial score (nSPS) is 11.5. The summed E-state index contributed by atoms with van der Waals surface area (Å²) in [5.74, 6) is -0.250. The van der Waals surface area contributed by atoms with Crippen LogP contribution in [0.4, 0.5) is 5.69 Å². The van der Waals surface area contributed by atoms with Gasteiger partial charge in [0.1, 0.15) is 0 Å². The highest BCUT2D eigenvalue weighted by atomic mass is 79.9. The van der Waals surface area contributed by atoms with E-state index < -0.39 is 11.8 Å². The van der Waals surface area contributed by atoms with E-state index >= 15 is 0 Å². The van der Waals surface area contributed by atoms with Gasteiger partial charge in [0.25, 0.3) is 17.7 Å². The average molecular weight is 482 g/mol. The fourth-order valence-electron chi connectivity index (χ4n) is 2.84. The van der Waals surface area contributed by atoms with Gasteiger partial charge in [-0.15, -0.1) is 0 Å². The van der Waals surface area contributed by atoms with Crippen LogP contribution in [0.2, 0.25) is 0 Å². The molecule has 0 fully saturated rings. The zero-order valence-electron chi connectivity index (χ0n) is 16.0. The highest BCUT2D eigenvalue weighted by Gasteiger charge is 2.17. The number of anilines is 1. The quantitative estimate of drug-likeness (QED) is 0.494. The van der Waals surface area contributed by atoms with Crippen molar-refractivity contribution >= 4 is 39.3 Å². The van der Waals surface area contributed by atoms with E-state index in [0.717, 1.165) is 4.47 Å². The summed E-state index contributed by atoms with van der Waals surface area (Å²) in [4.78, 5) is 37.0. The van der Waals surface area contributed by atoms with Crippen LogP contribution in [0.25, 0.3) is 0 Å². The molecular formula is C22H16BrN3O5. The summed E-state index contributed by atoms with van der Waals surface area (Å²) in [6, 6.07) is 17.9. The van der Waals surface area contributed by atoms with Crippen molar-refractivity contribution in [2.24, 2.45) is 0 Å². The van der Waals surface area contributed by atoms with Crippen LogP contribution in [0, 0.1) is 0 Å². The molecule has 8 nitrogen and oxygen atoms in total. The van der Waals surface area contributed by atoms with Crippen molar-refractivity contribution in [3.63, 3.8) is 0 Å². The minimum atomic E-state index is -0.523. The molecule has 0 unspecified atom stereocenters. The standard InChI is InChI=1S/C22H16BrN3O5/c23-16-7-4-13(5-8-16)21(28)25-26-22(29)14-2-1-3-17(10-14)24-20(27)15-6-9-18-19(11-15)31-12-30-18/h1-11H,12H2,(H,24,27)(H,25,28)(H,26,29). The number of hydrazine groups is 1. The molecule has 156 valence electrons. The van der Waals surface area contributed by atoms with Crippen molar-refractivity contribution in [2.75, 3.05) is 12.1 Å². The van der Waals surface area contributed by atoms with E-state index in [9.17, 15) is 14.4 Å². The third-order valence-corrected chi connectivity index (χ3v) is 4.94. The first-order valence-corrected chi connectivity index (χ1v) is 9.96. The molecule has 1 aliphatic heterocycles. The summed E-state index contributed by atoms with van der Waals surface area (Å²) in [7, 11) is 0. The molecule has 0 radical (unpaired) electrons. The first kappa shape index (κ1) is 20.4. The summed E-state index contributed by atoms with van der Waals surface area (Å²) in [5.41, 5.74) is 6.19. The Hall–Kier alpha value is -3.85. The second kappa shape index (κ2) is 8.88. The molecule has 1 heterocycles. The van der Waals surface area contributed by atoms with Crippen molar-refractivity contribution in [3.05, 3.63) is 87.9 Å². The van der Waals surface area contributed by atoms with E-state index in [0.29, 0.717) is 28.3 Å². The van der Waals surface area contributed by atoms with E-state index in [4.69, 9.17) is 9.47 Å². The molecule has 0 saturated heterocycles. The predicted octanol–water partition coefficient (Wildman–Crippen LogP) is 3.50. The fourth-order valence-corrected chi connectivity index (χ4v) is 3.10. The molecule has 3 N–H and O–H groups in total. The Morgan fingerprint density at radius 3 is 2.13 bits per heavy atom. The Balaban J connectivity index is 1.38. The summed E-state index contributed by atoms with van der Waals surface area (Å²) in [6.45, 7) is 0.121. The van der Waals surface area contributed by atoms with Crippen LogP contribution in [-0.2, 0) is 0 Å². The Bertz CT molecular complexity index is 1160. The van der Waals surface area contributed by atoms with Crippen molar-refractivity contribution < 1.29 is 23.9 Å². The molecule has 1 aliphatic rings. The van der Waals surface area contributed by atoms with Gasteiger partial charge in [-0.25, -0.2) is 0 Å². The van der Waals surface area contributed by atoms with Crippen molar-refractivity contribution in [2.45, 2.75) is 0 Å². The lowest BCUT2D eigenvalue weighted by molar-refractivity contribution is 0.0846. The number of nitrogens with one attached hydrogen (secondary N) is 3. The maximum Gasteiger partial charge on any atom is 0.269 e. The maximum atomic E-state index is 12.5. The first-order valence-electron chi connectivity index (χ1n) is 9.17.